The van der Waals surface area contributed by atoms with Crippen molar-refractivity contribution in [1.29, 1.82) is 0 Å². The first-order valence-corrected chi connectivity index (χ1v) is 5.27. The zero-order chi connectivity index (χ0) is 9.26. The van der Waals surface area contributed by atoms with Crippen molar-refractivity contribution in [3.63, 3.8) is 0 Å². The summed E-state index contributed by atoms with van der Waals surface area (Å²) in [4.78, 5) is 1.23. The van der Waals surface area contributed by atoms with Gasteiger partial charge in [0.1, 0.15) is 0 Å². The van der Waals surface area contributed by atoms with Gasteiger partial charge in [-0.1, -0.05) is 41.4 Å². The summed E-state index contributed by atoms with van der Waals surface area (Å²) in [6.45, 7) is 2.10. The molecule has 0 bridgehead atoms. The fourth-order valence-electron chi connectivity index (χ4n) is 1.27. The lowest BCUT2D eigenvalue weighted by Gasteiger charge is -1.97. The third-order valence-electron chi connectivity index (χ3n) is 1.88. The lowest BCUT2D eigenvalue weighted by atomic mass is 10.1. The third kappa shape index (κ3) is 1.93. The van der Waals surface area contributed by atoms with Crippen LogP contribution in [0.2, 0.25) is 4.34 Å². The van der Waals surface area contributed by atoms with Gasteiger partial charge in [-0.15, -0.1) is 11.3 Å². The van der Waals surface area contributed by atoms with Crippen LogP contribution in [0.1, 0.15) is 5.56 Å². The van der Waals surface area contributed by atoms with Crippen molar-refractivity contribution in [2.24, 2.45) is 0 Å². The molecule has 0 saturated carbocycles. The molecule has 0 unspecified atom stereocenters. The molecular weight excluding hydrogens is 200 g/mol. The third-order valence-corrected chi connectivity index (χ3v) is 3.16. The average Bonchev–Trinajstić information content (AvgIpc) is 2.52. The van der Waals surface area contributed by atoms with E-state index >= 15 is 0 Å². The van der Waals surface area contributed by atoms with Crippen LogP contribution in [0.25, 0.3) is 10.4 Å². The first-order valence-electron chi connectivity index (χ1n) is 4.08. The van der Waals surface area contributed by atoms with E-state index < -0.39 is 0 Å². The molecule has 0 aliphatic carbocycles. The molecule has 0 spiro atoms. The molecule has 0 radical (unpaired) electrons. The Balaban J connectivity index is 2.46. The SMILES string of the molecule is Cc1cccc(-c2ccc(Cl)s2)c1. The van der Waals surface area contributed by atoms with Crippen LogP contribution in [0.5, 0.6) is 0 Å². The molecular formula is C11H9ClS. The summed E-state index contributed by atoms with van der Waals surface area (Å²) in [6, 6.07) is 12.4. The van der Waals surface area contributed by atoms with Crippen LogP contribution in [0.3, 0.4) is 0 Å². The Labute approximate surface area is 86.8 Å². The first-order chi connectivity index (χ1) is 6.25. The van der Waals surface area contributed by atoms with Crippen molar-refractivity contribution in [3.8, 4) is 10.4 Å². The lowest BCUT2D eigenvalue weighted by Crippen LogP contribution is -1.73. The maximum Gasteiger partial charge on any atom is 0.0934 e. The molecule has 66 valence electrons. The summed E-state index contributed by atoms with van der Waals surface area (Å²) >= 11 is 7.48. The van der Waals surface area contributed by atoms with Crippen LogP contribution < -0.4 is 0 Å². The van der Waals surface area contributed by atoms with Crippen molar-refractivity contribution >= 4 is 22.9 Å². The fraction of sp³-hybridized carbons (Fsp3) is 0.0909. The number of aryl methyl sites for hydroxylation is 1. The van der Waals surface area contributed by atoms with Gasteiger partial charge in [0.2, 0.25) is 0 Å². The van der Waals surface area contributed by atoms with Gasteiger partial charge in [-0.25, -0.2) is 0 Å². The summed E-state index contributed by atoms with van der Waals surface area (Å²) in [6.07, 6.45) is 0. The fourth-order valence-corrected chi connectivity index (χ4v) is 2.31. The van der Waals surface area contributed by atoms with Gasteiger partial charge < -0.3 is 0 Å². The zero-order valence-corrected chi connectivity index (χ0v) is 8.82. The molecule has 2 heteroatoms. The van der Waals surface area contributed by atoms with E-state index in [9.17, 15) is 0 Å². The van der Waals surface area contributed by atoms with Gasteiger partial charge in [0.05, 0.1) is 4.34 Å². The molecule has 0 N–H and O–H groups in total. The quantitative estimate of drug-likeness (QED) is 0.653. The minimum atomic E-state index is 0.844. The molecule has 0 nitrogen and oxygen atoms in total. The van der Waals surface area contributed by atoms with Gasteiger partial charge in [0.15, 0.2) is 0 Å². The number of benzene rings is 1. The Morgan fingerprint density at radius 2 is 2.00 bits per heavy atom. The second kappa shape index (κ2) is 3.52. The maximum absolute atomic E-state index is 5.87. The summed E-state index contributed by atoms with van der Waals surface area (Å²) in [5, 5.41) is 0. The predicted molar refractivity (Wildman–Crippen MR) is 59.5 cm³/mol. The van der Waals surface area contributed by atoms with E-state index in [-0.39, 0.29) is 0 Å². The summed E-state index contributed by atoms with van der Waals surface area (Å²) in [5.41, 5.74) is 2.53. The highest BCUT2D eigenvalue weighted by molar-refractivity contribution is 7.19. The number of hydrogen-bond acceptors (Lipinski definition) is 1. The van der Waals surface area contributed by atoms with E-state index in [1.165, 1.54) is 16.0 Å². The topological polar surface area (TPSA) is 0 Å². The molecule has 1 aromatic carbocycles. The highest BCUT2D eigenvalue weighted by Gasteiger charge is 2.00. The van der Waals surface area contributed by atoms with Crippen LogP contribution in [-0.4, -0.2) is 0 Å². The average molecular weight is 209 g/mol. The number of thiophene rings is 1. The second-order valence-electron chi connectivity index (χ2n) is 2.97. The Hall–Kier alpha value is -0.790. The molecule has 0 fully saturated rings. The van der Waals surface area contributed by atoms with Gasteiger partial charge in [0, 0.05) is 4.88 Å². The van der Waals surface area contributed by atoms with Crippen LogP contribution >= 0.6 is 22.9 Å². The molecule has 0 amide bonds. The summed E-state index contributed by atoms with van der Waals surface area (Å²) in [5.74, 6) is 0. The molecule has 1 aromatic heterocycles. The predicted octanol–water partition coefficient (Wildman–Crippen LogP) is 4.38. The van der Waals surface area contributed by atoms with Gasteiger partial charge in [-0.3, -0.25) is 0 Å². The van der Waals surface area contributed by atoms with Crippen LogP contribution in [0.4, 0.5) is 0 Å². The van der Waals surface area contributed by atoms with E-state index in [1.807, 2.05) is 6.07 Å². The molecule has 0 aliphatic rings. The standard InChI is InChI=1S/C11H9ClS/c1-8-3-2-4-9(7-8)10-5-6-11(12)13-10/h2-7H,1H3. The molecule has 2 rings (SSSR count). The Kier molecular flexibility index (Phi) is 2.38. The van der Waals surface area contributed by atoms with Gasteiger partial charge >= 0.3 is 0 Å². The largest absolute Gasteiger partial charge is 0.123 e. The van der Waals surface area contributed by atoms with Crippen LogP contribution in [0.15, 0.2) is 36.4 Å². The molecule has 13 heavy (non-hydrogen) atoms. The highest BCUT2D eigenvalue weighted by atomic mass is 35.5. The van der Waals surface area contributed by atoms with E-state index in [0.29, 0.717) is 0 Å². The Morgan fingerprint density at radius 1 is 1.15 bits per heavy atom. The van der Waals surface area contributed by atoms with Crippen molar-refractivity contribution < 1.29 is 0 Å². The van der Waals surface area contributed by atoms with Gasteiger partial charge in [0.25, 0.3) is 0 Å². The number of halogens is 1. The van der Waals surface area contributed by atoms with Crippen LogP contribution in [-0.2, 0) is 0 Å². The van der Waals surface area contributed by atoms with Crippen molar-refractivity contribution in [2.45, 2.75) is 6.92 Å². The normalized spacial score (nSPS) is 10.3. The number of rotatable bonds is 1. The molecule has 0 aliphatic heterocycles. The lowest BCUT2D eigenvalue weighted by molar-refractivity contribution is 1.48. The van der Waals surface area contributed by atoms with E-state index in [0.717, 1.165) is 4.34 Å². The monoisotopic (exact) mass is 208 g/mol. The van der Waals surface area contributed by atoms with Crippen LogP contribution in [0, 0.1) is 6.92 Å². The Bertz CT molecular complexity index is 418. The smallest absolute Gasteiger partial charge is 0.0934 e. The second-order valence-corrected chi connectivity index (χ2v) is 4.69. The highest BCUT2D eigenvalue weighted by Crippen LogP contribution is 2.31. The maximum atomic E-state index is 5.87. The van der Waals surface area contributed by atoms with E-state index in [1.54, 1.807) is 11.3 Å². The van der Waals surface area contributed by atoms with E-state index in [4.69, 9.17) is 11.6 Å². The first kappa shape index (κ1) is 8.79. The van der Waals surface area contributed by atoms with Gasteiger partial charge in [-0.05, 0) is 24.6 Å². The molecule has 0 atom stereocenters. The van der Waals surface area contributed by atoms with Gasteiger partial charge in [-0.2, -0.15) is 0 Å². The minimum Gasteiger partial charge on any atom is -0.123 e. The summed E-state index contributed by atoms with van der Waals surface area (Å²) in [7, 11) is 0. The molecule has 2 aromatic rings. The summed E-state index contributed by atoms with van der Waals surface area (Å²) < 4.78 is 0.844. The van der Waals surface area contributed by atoms with E-state index in [2.05, 4.69) is 37.3 Å². The number of hydrogen-bond donors (Lipinski definition) is 0. The molecule has 0 saturated heterocycles. The van der Waals surface area contributed by atoms with Crippen molar-refractivity contribution in [3.05, 3.63) is 46.3 Å². The zero-order valence-electron chi connectivity index (χ0n) is 7.25. The van der Waals surface area contributed by atoms with Crippen molar-refractivity contribution in [2.75, 3.05) is 0 Å². The van der Waals surface area contributed by atoms with Crippen molar-refractivity contribution in [1.82, 2.24) is 0 Å². The Morgan fingerprint density at radius 3 is 2.62 bits per heavy atom. The minimum absolute atomic E-state index is 0.844. The molecule has 1 heterocycles.